The van der Waals surface area contributed by atoms with Gasteiger partial charge in [0.05, 0.1) is 18.1 Å². The Hall–Kier alpha value is -2.94. The third-order valence-corrected chi connectivity index (χ3v) is 3.33. The molecule has 2 heterocycles. The Bertz CT molecular complexity index is 676. The molecule has 0 fully saturated rings. The molecule has 0 aliphatic rings. The van der Waals surface area contributed by atoms with Crippen molar-refractivity contribution < 1.29 is 4.79 Å². The van der Waals surface area contributed by atoms with E-state index < -0.39 is 0 Å². The Labute approximate surface area is 136 Å². The number of hydrogen-bond acceptors (Lipinski definition) is 5. The molecule has 0 saturated heterocycles. The molecule has 0 saturated carbocycles. The van der Waals surface area contributed by atoms with E-state index in [9.17, 15) is 4.79 Å². The minimum absolute atomic E-state index is 0.137. The second-order valence-corrected chi connectivity index (χ2v) is 5.30. The van der Waals surface area contributed by atoms with Crippen molar-refractivity contribution in [2.24, 2.45) is 0 Å². The number of pyridine rings is 2. The molecule has 23 heavy (non-hydrogen) atoms. The first-order valence-electron chi connectivity index (χ1n) is 7.30. The summed E-state index contributed by atoms with van der Waals surface area (Å²) < 4.78 is 0. The fourth-order valence-electron chi connectivity index (χ4n) is 2.11. The van der Waals surface area contributed by atoms with Gasteiger partial charge in [0.1, 0.15) is 5.82 Å². The van der Waals surface area contributed by atoms with E-state index in [0.717, 1.165) is 11.4 Å². The smallest absolute Gasteiger partial charge is 0.255 e. The number of rotatable bonds is 6. The third-order valence-electron chi connectivity index (χ3n) is 3.33. The van der Waals surface area contributed by atoms with Crippen molar-refractivity contribution in [1.82, 2.24) is 14.9 Å². The zero-order valence-electron chi connectivity index (χ0n) is 13.3. The monoisotopic (exact) mass is 309 g/mol. The van der Waals surface area contributed by atoms with Gasteiger partial charge in [0.25, 0.3) is 5.91 Å². The van der Waals surface area contributed by atoms with Gasteiger partial charge in [-0.05, 0) is 23.8 Å². The van der Waals surface area contributed by atoms with Crippen LogP contribution in [0.2, 0.25) is 0 Å². The van der Waals surface area contributed by atoms with E-state index in [0.29, 0.717) is 18.7 Å². The number of amides is 1. The van der Waals surface area contributed by atoms with Crippen LogP contribution in [-0.2, 0) is 6.54 Å². The average molecular weight is 309 g/mol. The van der Waals surface area contributed by atoms with Crippen LogP contribution in [0.5, 0.6) is 0 Å². The summed E-state index contributed by atoms with van der Waals surface area (Å²) in [6.07, 6.45) is 5.27. The fourth-order valence-corrected chi connectivity index (χ4v) is 2.11. The SMILES string of the molecule is CN(C)c1ccc(C(=O)N(CCC#N)Cc2cccnc2)cn1. The van der Waals surface area contributed by atoms with Crippen LogP contribution in [0.3, 0.4) is 0 Å². The average Bonchev–Trinajstić information content (AvgIpc) is 2.59. The molecule has 6 nitrogen and oxygen atoms in total. The number of anilines is 1. The zero-order valence-corrected chi connectivity index (χ0v) is 13.3. The van der Waals surface area contributed by atoms with Gasteiger partial charge in [0.2, 0.25) is 0 Å². The maximum Gasteiger partial charge on any atom is 0.255 e. The number of nitrogens with zero attached hydrogens (tertiary/aromatic N) is 5. The maximum atomic E-state index is 12.7. The topological polar surface area (TPSA) is 73.1 Å². The molecule has 0 unspecified atom stereocenters. The minimum atomic E-state index is -0.137. The Morgan fingerprint density at radius 2 is 2.09 bits per heavy atom. The maximum absolute atomic E-state index is 12.7. The first-order chi connectivity index (χ1) is 11.1. The van der Waals surface area contributed by atoms with Gasteiger partial charge in [-0.2, -0.15) is 5.26 Å². The van der Waals surface area contributed by atoms with Crippen LogP contribution in [0.1, 0.15) is 22.3 Å². The first kappa shape index (κ1) is 16.4. The third kappa shape index (κ3) is 4.51. The lowest BCUT2D eigenvalue weighted by atomic mass is 10.2. The molecule has 118 valence electrons. The van der Waals surface area contributed by atoms with Crippen molar-refractivity contribution in [1.29, 1.82) is 5.26 Å². The molecule has 2 aromatic heterocycles. The van der Waals surface area contributed by atoms with Gasteiger partial charge in [-0.15, -0.1) is 0 Å². The summed E-state index contributed by atoms with van der Waals surface area (Å²) in [6, 6.07) is 9.38. The van der Waals surface area contributed by atoms with E-state index in [2.05, 4.69) is 16.0 Å². The molecule has 0 bridgehead atoms. The quantitative estimate of drug-likeness (QED) is 0.817. The highest BCUT2D eigenvalue weighted by atomic mass is 16.2. The number of carbonyl (C=O) groups is 1. The van der Waals surface area contributed by atoms with Crippen molar-refractivity contribution in [3.05, 3.63) is 54.0 Å². The van der Waals surface area contributed by atoms with E-state index in [1.54, 1.807) is 35.6 Å². The Morgan fingerprint density at radius 1 is 1.26 bits per heavy atom. The highest BCUT2D eigenvalue weighted by molar-refractivity contribution is 5.94. The van der Waals surface area contributed by atoms with Gasteiger partial charge in [0.15, 0.2) is 0 Å². The van der Waals surface area contributed by atoms with E-state index in [1.807, 2.05) is 31.1 Å². The number of hydrogen-bond donors (Lipinski definition) is 0. The summed E-state index contributed by atoms with van der Waals surface area (Å²) in [7, 11) is 3.79. The number of nitriles is 1. The highest BCUT2D eigenvalue weighted by Crippen LogP contribution is 2.12. The largest absolute Gasteiger partial charge is 0.363 e. The molecule has 0 aliphatic heterocycles. The number of aromatic nitrogens is 2. The summed E-state index contributed by atoms with van der Waals surface area (Å²) in [6.45, 7) is 0.795. The predicted molar refractivity (Wildman–Crippen MR) is 87.8 cm³/mol. The molecule has 0 spiro atoms. The summed E-state index contributed by atoms with van der Waals surface area (Å²) in [5.41, 5.74) is 1.44. The van der Waals surface area contributed by atoms with Crippen LogP contribution >= 0.6 is 0 Å². The van der Waals surface area contributed by atoms with Crippen molar-refractivity contribution in [2.45, 2.75) is 13.0 Å². The van der Waals surface area contributed by atoms with Crippen LogP contribution in [0, 0.1) is 11.3 Å². The normalized spacial score (nSPS) is 9.96. The molecule has 2 rings (SSSR count). The highest BCUT2D eigenvalue weighted by Gasteiger charge is 2.16. The lowest BCUT2D eigenvalue weighted by Crippen LogP contribution is -2.31. The standard InChI is InChI=1S/C17H19N5O/c1-21(2)16-7-6-15(12-20-16)17(23)22(10-4-8-18)13-14-5-3-9-19-11-14/h3,5-7,9,11-12H,4,10,13H2,1-2H3. The summed E-state index contributed by atoms with van der Waals surface area (Å²) in [5, 5.41) is 8.81. The summed E-state index contributed by atoms with van der Waals surface area (Å²) >= 11 is 0. The lowest BCUT2D eigenvalue weighted by Gasteiger charge is -2.22. The molecule has 2 aromatic rings. The number of carbonyl (C=O) groups excluding carboxylic acids is 1. The minimum Gasteiger partial charge on any atom is -0.363 e. The molecular weight excluding hydrogens is 290 g/mol. The van der Waals surface area contributed by atoms with Crippen LogP contribution < -0.4 is 4.90 Å². The van der Waals surface area contributed by atoms with Crippen molar-refractivity contribution in [2.75, 3.05) is 25.5 Å². The first-order valence-corrected chi connectivity index (χ1v) is 7.30. The van der Waals surface area contributed by atoms with E-state index >= 15 is 0 Å². The van der Waals surface area contributed by atoms with Gasteiger partial charge < -0.3 is 9.80 Å². The van der Waals surface area contributed by atoms with E-state index in [1.165, 1.54) is 0 Å². The molecule has 6 heteroatoms. The molecule has 0 N–H and O–H groups in total. The fraction of sp³-hybridized carbons (Fsp3) is 0.294. The summed E-state index contributed by atoms with van der Waals surface area (Å²) in [4.78, 5) is 24.5. The van der Waals surface area contributed by atoms with Crippen molar-refractivity contribution in [3.63, 3.8) is 0 Å². The van der Waals surface area contributed by atoms with Crippen molar-refractivity contribution in [3.8, 4) is 6.07 Å². The van der Waals surface area contributed by atoms with Crippen LogP contribution in [-0.4, -0.2) is 41.4 Å². The Kier molecular flexibility index (Phi) is 5.64. The second kappa shape index (κ2) is 7.90. The van der Waals surface area contributed by atoms with E-state index in [-0.39, 0.29) is 12.3 Å². The predicted octanol–water partition coefficient (Wildman–Crippen LogP) is 2.10. The van der Waals surface area contributed by atoms with Crippen molar-refractivity contribution >= 4 is 11.7 Å². The van der Waals surface area contributed by atoms with Crippen LogP contribution in [0.25, 0.3) is 0 Å². The molecule has 1 amide bonds. The van der Waals surface area contributed by atoms with E-state index in [4.69, 9.17) is 5.26 Å². The van der Waals surface area contributed by atoms with Gasteiger partial charge >= 0.3 is 0 Å². The van der Waals surface area contributed by atoms with Gasteiger partial charge in [-0.25, -0.2) is 4.98 Å². The second-order valence-electron chi connectivity index (χ2n) is 5.30. The zero-order chi connectivity index (χ0) is 16.7. The molecule has 0 aromatic carbocycles. The lowest BCUT2D eigenvalue weighted by molar-refractivity contribution is 0.0746. The molecule has 0 atom stereocenters. The van der Waals surface area contributed by atoms with Gasteiger partial charge in [-0.1, -0.05) is 6.07 Å². The molecule has 0 aliphatic carbocycles. The van der Waals surface area contributed by atoms with Gasteiger partial charge in [0, 0.05) is 45.8 Å². The van der Waals surface area contributed by atoms with Crippen LogP contribution in [0.15, 0.2) is 42.9 Å². The van der Waals surface area contributed by atoms with Crippen LogP contribution in [0.4, 0.5) is 5.82 Å². The Balaban J connectivity index is 2.17. The molecule has 0 radical (unpaired) electrons. The Morgan fingerprint density at radius 3 is 2.65 bits per heavy atom. The summed E-state index contributed by atoms with van der Waals surface area (Å²) in [5.74, 6) is 0.652. The molecular formula is C17H19N5O. The van der Waals surface area contributed by atoms with Gasteiger partial charge in [-0.3, -0.25) is 9.78 Å².